The minimum atomic E-state index is -0.794. The fraction of sp³-hybridized carbons (Fsp3) is 0.542. The van der Waals surface area contributed by atoms with Gasteiger partial charge in [-0.05, 0) is 52.2 Å². The van der Waals surface area contributed by atoms with Crippen LogP contribution in [0.25, 0.3) is 0 Å². The number of allylic oxidation sites excluding steroid dienone is 1. The third-order valence-electron chi connectivity index (χ3n) is 6.91. The zero-order chi connectivity index (χ0) is 22.4. The van der Waals surface area contributed by atoms with Crippen molar-refractivity contribution >= 4 is 18.0 Å². The lowest BCUT2D eigenvalue weighted by Crippen LogP contribution is -2.58. The summed E-state index contributed by atoms with van der Waals surface area (Å²) >= 11 is 0. The topological polar surface area (TPSA) is 109 Å². The monoisotopic (exact) mass is 427 g/mol. The molecule has 1 aromatic rings. The van der Waals surface area contributed by atoms with Crippen molar-refractivity contribution in [2.24, 2.45) is 5.92 Å². The van der Waals surface area contributed by atoms with Gasteiger partial charge in [-0.15, -0.1) is 0 Å². The molecule has 4 rings (SSSR count). The van der Waals surface area contributed by atoms with Crippen molar-refractivity contribution in [2.75, 3.05) is 6.61 Å². The van der Waals surface area contributed by atoms with Gasteiger partial charge >= 0.3 is 0 Å². The van der Waals surface area contributed by atoms with Gasteiger partial charge in [0.25, 0.3) is 5.91 Å². The van der Waals surface area contributed by atoms with Crippen molar-refractivity contribution in [3.8, 4) is 0 Å². The molecule has 0 radical (unpaired) electrons. The number of amides is 1. The molecule has 1 spiro atoms. The molecule has 7 heteroatoms. The van der Waals surface area contributed by atoms with Gasteiger partial charge in [0.05, 0.1) is 30.5 Å². The Kier molecular flexibility index (Phi) is 5.62. The van der Waals surface area contributed by atoms with Crippen LogP contribution >= 0.6 is 0 Å². The molecule has 7 nitrogen and oxygen atoms in total. The Labute approximate surface area is 181 Å². The molecule has 31 heavy (non-hydrogen) atoms. The Bertz CT molecular complexity index is 915. The lowest BCUT2D eigenvalue weighted by atomic mass is 9.67. The predicted octanol–water partition coefficient (Wildman–Crippen LogP) is 2.22. The van der Waals surface area contributed by atoms with Crippen molar-refractivity contribution in [2.45, 2.75) is 69.5 Å². The maximum absolute atomic E-state index is 12.8. The summed E-state index contributed by atoms with van der Waals surface area (Å²) in [6, 6.07) is 5.49. The number of aliphatic hydroxyl groups excluding tert-OH is 1. The third-order valence-corrected chi connectivity index (χ3v) is 6.91. The summed E-state index contributed by atoms with van der Waals surface area (Å²) in [6.45, 7) is 6.73. The highest BCUT2D eigenvalue weighted by molar-refractivity contribution is 6.33. The number of ketones is 1. The number of aldehydes is 1. The largest absolute Gasteiger partial charge is 0.390 e. The zero-order valence-corrected chi connectivity index (χ0v) is 18.1. The zero-order valence-electron chi connectivity index (χ0n) is 18.1. The van der Waals surface area contributed by atoms with Crippen LogP contribution in [-0.4, -0.2) is 59.1 Å². The van der Waals surface area contributed by atoms with E-state index in [9.17, 15) is 19.5 Å². The normalized spacial score (nSPS) is 35.9. The molecule has 3 fully saturated rings. The molecule has 0 aromatic heterocycles. The van der Waals surface area contributed by atoms with Gasteiger partial charge in [-0.3, -0.25) is 14.4 Å². The number of carbonyl (C=O) groups excluding carboxylic acids is 3. The van der Waals surface area contributed by atoms with Gasteiger partial charge in [-0.25, -0.2) is 0 Å². The second-order valence-corrected chi connectivity index (χ2v) is 9.31. The summed E-state index contributed by atoms with van der Waals surface area (Å²) in [7, 11) is 0. The van der Waals surface area contributed by atoms with E-state index in [0.29, 0.717) is 18.6 Å². The minimum Gasteiger partial charge on any atom is -0.390 e. The van der Waals surface area contributed by atoms with E-state index in [0.717, 1.165) is 12.8 Å². The second kappa shape index (κ2) is 7.97. The minimum absolute atomic E-state index is 0.0282. The van der Waals surface area contributed by atoms with E-state index in [-0.39, 0.29) is 35.4 Å². The molecule has 6 atom stereocenters. The molecule has 1 unspecified atom stereocenters. The van der Waals surface area contributed by atoms with Crippen molar-refractivity contribution < 1.29 is 29.0 Å². The van der Waals surface area contributed by atoms with Crippen LogP contribution in [0.3, 0.4) is 0 Å². The van der Waals surface area contributed by atoms with E-state index in [4.69, 9.17) is 9.47 Å². The van der Waals surface area contributed by atoms with Crippen LogP contribution in [0.4, 0.5) is 0 Å². The maximum atomic E-state index is 12.8. The van der Waals surface area contributed by atoms with E-state index in [1.54, 1.807) is 0 Å². The van der Waals surface area contributed by atoms with E-state index in [1.165, 1.54) is 29.8 Å². The smallest absolute Gasteiger partial charge is 0.251 e. The van der Waals surface area contributed by atoms with Crippen molar-refractivity contribution in [1.29, 1.82) is 0 Å². The molecule has 1 amide bonds. The average Bonchev–Trinajstić information content (AvgIpc) is 3.66. The lowest BCUT2D eigenvalue weighted by Gasteiger charge is -2.41. The molecule has 2 N–H and O–H groups in total. The van der Waals surface area contributed by atoms with E-state index < -0.39 is 23.5 Å². The van der Waals surface area contributed by atoms with E-state index in [2.05, 4.69) is 11.4 Å². The van der Waals surface area contributed by atoms with Gasteiger partial charge in [-0.2, -0.15) is 0 Å². The Hall–Kier alpha value is -2.35. The van der Waals surface area contributed by atoms with Crippen molar-refractivity contribution in [1.82, 2.24) is 5.32 Å². The molecule has 0 bridgehead atoms. The molecule has 1 aromatic carbocycles. The SMILES string of the molecule is CC(C)=CC[C@H]1OC1(C)[C@H]1[C@H](O)[C@H](NC(=O)c2ccc(C(=O)C=O)cc2)CC[C@]12CO2. The summed E-state index contributed by atoms with van der Waals surface area (Å²) in [5.41, 5.74) is 0.974. The number of hydrogen-bond donors (Lipinski definition) is 2. The summed E-state index contributed by atoms with van der Waals surface area (Å²) in [6.07, 6.45) is 3.78. The molecule has 3 aliphatic rings. The number of rotatable bonds is 7. The Morgan fingerprint density at radius 3 is 2.45 bits per heavy atom. The number of aliphatic hydroxyl groups is 1. The fourth-order valence-electron chi connectivity index (χ4n) is 4.98. The molecule has 2 aliphatic heterocycles. The molecule has 1 aliphatic carbocycles. The molecule has 166 valence electrons. The summed E-state index contributed by atoms with van der Waals surface area (Å²) < 4.78 is 11.9. The molecule has 2 saturated heterocycles. The van der Waals surface area contributed by atoms with Crippen LogP contribution in [0, 0.1) is 5.92 Å². The van der Waals surface area contributed by atoms with Gasteiger partial charge in [0.1, 0.15) is 5.60 Å². The maximum Gasteiger partial charge on any atom is 0.251 e. The lowest BCUT2D eigenvalue weighted by molar-refractivity contribution is -0.104. The number of epoxide rings is 2. The number of hydrogen-bond acceptors (Lipinski definition) is 6. The first-order valence-corrected chi connectivity index (χ1v) is 10.7. The van der Waals surface area contributed by atoms with Crippen LogP contribution in [0.1, 0.15) is 60.7 Å². The van der Waals surface area contributed by atoms with E-state index in [1.807, 2.05) is 20.8 Å². The number of Topliss-reactive ketones (excluding diaryl/α,β-unsaturated/α-hetero) is 1. The summed E-state index contributed by atoms with van der Waals surface area (Å²) in [5.74, 6) is -1.18. The number of nitrogens with one attached hydrogen (secondary N) is 1. The Balaban J connectivity index is 1.45. The first-order valence-electron chi connectivity index (χ1n) is 10.7. The highest BCUT2D eigenvalue weighted by atomic mass is 16.6. The Morgan fingerprint density at radius 2 is 1.87 bits per heavy atom. The van der Waals surface area contributed by atoms with Gasteiger partial charge < -0.3 is 19.9 Å². The molecule has 1 saturated carbocycles. The predicted molar refractivity (Wildman–Crippen MR) is 113 cm³/mol. The van der Waals surface area contributed by atoms with Gasteiger partial charge in [0, 0.05) is 17.0 Å². The van der Waals surface area contributed by atoms with E-state index >= 15 is 0 Å². The van der Waals surface area contributed by atoms with Crippen molar-refractivity contribution in [3.05, 3.63) is 47.0 Å². The first kappa shape index (κ1) is 21.9. The molecular weight excluding hydrogens is 398 g/mol. The fourth-order valence-corrected chi connectivity index (χ4v) is 4.98. The number of benzene rings is 1. The molecule has 2 heterocycles. The standard InChI is InChI=1S/C24H29NO6/c1-14(2)4-9-19-23(3,31-19)21-20(28)17(10-11-24(21)13-30-24)25-22(29)16-7-5-15(6-8-16)18(27)12-26/h4-8,12,17,19-21,28H,9-11,13H2,1-3H3,(H,25,29)/t17-,19-,20-,21-,23?,24+/m1/s1. The number of carbonyl (C=O) groups is 3. The quantitative estimate of drug-likeness (QED) is 0.227. The van der Waals surface area contributed by atoms with Gasteiger partial charge in [0.15, 0.2) is 6.29 Å². The Morgan fingerprint density at radius 1 is 1.23 bits per heavy atom. The van der Waals surface area contributed by atoms with Crippen molar-refractivity contribution in [3.63, 3.8) is 0 Å². The van der Waals surface area contributed by atoms with Gasteiger partial charge in [-0.1, -0.05) is 23.8 Å². The van der Waals surface area contributed by atoms with Crippen LogP contribution in [0.2, 0.25) is 0 Å². The van der Waals surface area contributed by atoms with Crippen LogP contribution in [-0.2, 0) is 14.3 Å². The van der Waals surface area contributed by atoms with Gasteiger partial charge in [0.2, 0.25) is 5.78 Å². The summed E-state index contributed by atoms with van der Waals surface area (Å²) in [5, 5.41) is 14.2. The average molecular weight is 427 g/mol. The first-order chi connectivity index (χ1) is 14.7. The second-order valence-electron chi connectivity index (χ2n) is 9.31. The highest BCUT2D eigenvalue weighted by Gasteiger charge is 2.71. The summed E-state index contributed by atoms with van der Waals surface area (Å²) in [4.78, 5) is 34.8. The van der Waals surface area contributed by atoms with Crippen LogP contribution in [0.5, 0.6) is 0 Å². The molecular formula is C24H29NO6. The number of ether oxygens (including phenoxy) is 2. The van der Waals surface area contributed by atoms with Crippen LogP contribution < -0.4 is 5.32 Å². The third kappa shape index (κ3) is 4.10. The highest BCUT2D eigenvalue weighted by Crippen LogP contribution is 2.58. The van der Waals surface area contributed by atoms with Crippen LogP contribution in [0.15, 0.2) is 35.9 Å².